The van der Waals surface area contributed by atoms with Gasteiger partial charge in [-0.25, -0.2) is 19.6 Å². The Bertz CT molecular complexity index is 2070. The quantitative estimate of drug-likeness (QED) is 0.118. The summed E-state index contributed by atoms with van der Waals surface area (Å²) in [5.41, 5.74) is 6.57. The molecule has 4 atom stereocenters. The second-order valence-corrected chi connectivity index (χ2v) is 15.9. The third kappa shape index (κ3) is 7.62. The molecule has 14 nitrogen and oxygen atoms in total. The minimum absolute atomic E-state index is 0.109. The van der Waals surface area contributed by atoms with Gasteiger partial charge in [0.15, 0.2) is 0 Å². The lowest BCUT2D eigenvalue weighted by atomic mass is 10.0. The van der Waals surface area contributed by atoms with Crippen LogP contribution in [0.1, 0.15) is 77.1 Å². The highest BCUT2D eigenvalue weighted by atomic mass is 32.1. The fourth-order valence-electron chi connectivity index (χ4n) is 7.72. The Morgan fingerprint density at radius 1 is 0.709 bits per heavy atom. The van der Waals surface area contributed by atoms with Crippen LogP contribution in [0.15, 0.2) is 47.8 Å². The van der Waals surface area contributed by atoms with Crippen molar-refractivity contribution in [3.63, 3.8) is 0 Å². The van der Waals surface area contributed by atoms with Gasteiger partial charge in [-0.05, 0) is 89.9 Å². The van der Waals surface area contributed by atoms with E-state index in [1.165, 1.54) is 14.2 Å². The summed E-state index contributed by atoms with van der Waals surface area (Å²) in [5.74, 6) is 0.975. The number of H-pyrrole nitrogens is 2. The molecular weight excluding hydrogens is 721 g/mol. The number of aromatic amines is 2. The van der Waals surface area contributed by atoms with Gasteiger partial charge in [-0.3, -0.25) is 9.59 Å². The Morgan fingerprint density at radius 3 is 1.65 bits per heavy atom. The molecule has 7 rings (SSSR count). The van der Waals surface area contributed by atoms with Gasteiger partial charge >= 0.3 is 12.2 Å². The van der Waals surface area contributed by atoms with Crippen molar-refractivity contribution in [2.75, 3.05) is 27.3 Å². The van der Waals surface area contributed by atoms with Crippen molar-refractivity contribution in [1.82, 2.24) is 40.4 Å². The monoisotopic (exact) mass is 768 g/mol. The molecule has 5 heterocycles. The van der Waals surface area contributed by atoms with Crippen molar-refractivity contribution in [1.29, 1.82) is 0 Å². The number of carbonyl (C=O) groups is 4. The van der Waals surface area contributed by atoms with E-state index in [2.05, 4.69) is 56.3 Å². The minimum atomic E-state index is -0.693. The standard InChI is InChI=1S/C40H48N8O6S/c1-21(2)33(45-39(51)53-5)37(49)47-15-7-9-30(47)35-41-26-13-11-23(17-28(26)43-35)25-19-32(55-20-25)24-12-14-27-29(18-24)44-36(42-27)31-10-8-16-48(31)38(50)34(22(3)4)46-40(52)54-6/h11-14,17-22,30-31,33-34H,7-10,15-16H2,1-6H3,(H,41,43)(H,42,44)(H,45,51)(H,46,52)/t30-,31-,33-,34-/m0/s1. The third-order valence-electron chi connectivity index (χ3n) is 10.7. The molecule has 0 aliphatic carbocycles. The van der Waals surface area contributed by atoms with Crippen molar-refractivity contribution < 1.29 is 28.7 Å². The van der Waals surface area contributed by atoms with E-state index in [4.69, 9.17) is 19.4 Å². The molecule has 55 heavy (non-hydrogen) atoms. The van der Waals surface area contributed by atoms with Crippen molar-refractivity contribution in [2.45, 2.75) is 77.5 Å². The van der Waals surface area contributed by atoms with Crippen molar-refractivity contribution in [2.24, 2.45) is 11.8 Å². The lowest BCUT2D eigenvalue weighted by molar-refractivity contribution is -0.136. The van der Waals surface area contributed by atoms with Crippen LogP contribution in [0.2, 0.25) is 0 Å². The van der Waals surface area contributed by atoms with Gasteiger partial charge in [0.2, 0.25) is 11.8 Å². The Hall–Kier alpha value is -5.44. The number of hydrogen-bond acceptors (Lipinski definition) is 9. The largest absolute Gasteiger partial charge is 0.453 e. The van der Waals surface area contributed by atoms with Crippen LogP contribution >= 0.6 is 11.3 Å². The van der Waals surface area contributed by atoms with Crippen molar-refractivity contribution in [3.8, 4) is 21.6 Å². The number of nitrogens with zero attached hydrogens (tertiary/aromatic N) is 4. The van der Waals surface area contributed by atoms with Crippen LogP contribution in [0.3, 0.4) is 0 Å². The second kappa shape index (κ2) is 15.7. The molecule has 2 fully saturated rings. The molecule has 0 bridgehead atoms. The van der Waals surface area contributed by atoms with Crippen molar-refractivity contribution >= 4 is 57.4 Å². The Labute approximate surface area is 323 Å². The molecule has 2 aliphatic heterocycles. The molecule has 0 radical (unpaired) electrons. The number of aromatic nitrogens is 4. The zero-order valence-corrected chi connectivity index (χ0v) is 32.8. The molecule has 2 aliphatic rings. The van der Waals surface area contributed by atoms with E-state index in [1.807, 2.05) is 49.6 Å². The summed E-state index contributed by atoms with van der Waals surface area (Å²) in [6.45, 7) is 8.80. The topological polar surface area (TPSA) is 175 Å². The number of hydrogen-bond donors (Lipinski definition) is 4. The van der Waals surface area contributed by atoms with Gasteiger partial charge in [0, 0.05) is 18.0 Å². The van der Waals surface area contributed by atoms with Gasteiger partial charge in [-0.1, -0.05) is 39.8 Å². The zero-order valence-electron chi connectivity index (χ0n) is 32.0. The summed E-state index contributed by atoms with van der Waals surface area (Å²) >= 11 is 1.65. The average molecular weight is 769 g/mol. The summed E-state index contributed by atoms with van der Waals surface area (Å²) in [6.07, 6.45) is 2.00. The normalized spacial score (nSPS) is 18.3. The number of ether oxygens (including phenoxy) is 2. The summed E-state index contributed by atoms with van der Waals surface area (Å²) in [4.78, 5) is 72.8. The van der Waals surface area contributed by atoms with E-state index < -0.39 is 24.3 Å². The second-order valence-electron chi connectivity index (χ2n) is 15.0. The molecular formula is C40H48N8O6S. The first-order valence-corrected chi connectivity index (χ1v) is 19.7. The lowest BCUT2D eigenvalue weighted by Crippen LogP contribution is -2.51. The Kier molecular flexibility index (Phi) is 10.8. The molecule has 15 heteroatoms. The molecule has 3 aromatic heterocycles. The molecule has 290 valence electrons. The number of amides is 4. The highest BCUT2D eigenvalue weighted by Gasteiger charge is 2.39. The Morgan fingerprint density at radius 2 is 1.18 bits per heavy atom. The summed E-state index contributed by atoms with van der Waals surface area (Å²) < 4.78 is 9.54. The fourth-order valence-corrected chi connectivity index (χ4v) is 8.64. The highest BCUT2D eigenvalue weighted by Crippen LogP contribution is 2.38. The lowest BCUT2D eigenvalue weighted by Gasteiger charge is -2.29. The maximum absolute atomic E-state index is 13.6. The SMILES string of the molecule is COC(=O)N[C@H](C(=O)N1CCC[C@H]1c1nc2cc(-c3csc(-c4ccc5[nH]c([C@@H]6CCCN6C(=O)[C@@H](NC(=O)OC)C(C)C)nc5c4)c3)ccc2[nH]1)C(C)C. The molecule has 2 saturated heterocycles. The molecule has 0 spiro atoms. The maximum atomic E-state index is 13.6. The zero-order chi connectivity index (χ0) is 39.0. The van der Waals surface area contributed by atoms with E-state index in [9.17, 15) is 19.2 Å². The number of fused-ring (bicyclic) bond motifs is 2. The van der Waals surface area contributed by atoms with Crippen LogP contribution in [0.5, 0.6) is 0 Å². The number of methoxy groups -OCH3 is 2. The number of imidazole rings is 2. The summed E-state index contributed by atoms with van der Waals surface area (Å²) in [6, 6.07) is 12.7. The maximum Gasteiger partial charge on any atom is 0.407 e. The number of likely N-dealkylation sites (tertiary alicyclic amines) is 2. The highest BCUT2D eigenvalue weighted by molar-refractivity contribution is 7.14. The van der Waals surface area contributed by atoms with Gasteiger partial charge in [-0.2, -0.15) is 0 Å². The molecule has 4 N–H and O–H groups in total. The first kappa shape index (κ1) is 37.9. The number of rotatable bonds is 10. The van der Waals surface area contributed by atoms with Gasteiger partial charge in [0.1, 0.15) is 23.7 Å². The number of nitrogens with one attached hydrogen (secondary N) is 4. The van der Waals surface area contributed by atoms with Crippen LogP contribution in [-0.2, 0) is 19.1 Å². The first-order valence-electron chi connectivity index (χ1n) is 18.8. The van der Waals surface area contributed by atoms with E-state index in [0.29, 0.717) is 13.1 Å². The number of alkyl carbamates (subject to hydrolysis) is 2. The van der Waals surface area contributed by atoms with E-state index in [0.717, 1.165) is 81.0 Å². The van der Waals surface area contributed by atoms with Gasteiger partial charge in [0.25, 0.3) is 0 Å². The number of benzene rings is 2. The fraction of sp³-hybridized carbons (Fsp3) is 0.450. The number of thiophene rings is 1. The summed E-state index contributed by atoms with van der Waals surface area (Å²) in [5, 5.41) is 7.55. The average Bonchev–Trinajstić information content (AvgIpc) is 4.02. The molecule has 2 aromatic carbocycles. The van der Waals surface area contributed by atoms with E-state index in [-0.39, 0.29) is 35.7 Å². The minimum Gasteiger partial charge on any atom is -0.453 e. The van der Waals surface area contributed by atoms with Crippen LogP contribution in [0.4, 0.5) is 9.59 Å². The predicted molar refractivity (Wildman–Crippen MR) is 210 cm³/mol. The van der Waals surface area contributed by atoms with Gasteiger partial charge in [-0.15, -0.1) is 11.3 Å². The third-order valence-corrected chi connectivity index (χ3v) is 11.7. The summed E-state index contributed by atoms with van der Waals surface area (Å²) in [7, 11) is 2.58. The van der Waals surface area contributed by atoms with E-state index >= 15 is 0 Å². The molecule has 5 aromatic rings. The van der Waals surface area contributed by atoms with Crippen LogP contribution in [0, 0.1) is 11.8 Å². The van der Waals surface area contributed by atoms with Crippen LogP contribution in [-0.4, -0.2) is 93.1 Å². The molecule has 0 saturated carbocycles. The molecule has 4 amide bonds. The van der Waals surface area contributed by atoms with Gasteiger partial charge < -0.3 is 39.9 Å². The smallest absolute Gasteiger partial charge is 0.407 e. The predicted octanol–water partition coefficient (Wildman–Crippen LogP) is 6.92. The van der Waals surface area contributed by atoms with Crippen LogP contribution in [0.25, 0.3) is 43.6 Å². The van der Waals surface area contributed by atoms with E-state index in [1.54, 1.807) is 11.3 Å². The first-order chi connectivity index (χ1) is 26.4. The molecule has 0 unspecified atom stereocenters. The Balaban J connectivity index is 1.08. The van der Waals surface area contributed by atoms with Gasteiger partial charge in [0.05, 0.1) is 48.4 Å². The number of carbonyl (C=O) groups excluding carboxylic acids is 4. The van der Waals surface area contributed by atoms with Crippen LogP contribution < -0.4 is 10.6 Å². The van der Waals surface area contributed by atoms with Crippen molar-refractivity contribution in [3.05, 3.63) is 59.5 Å².